The van der Waals surface area contributed by atoms with E-state index in [0.717, 1.165) is 0 Å². The summed E-state index contributed by atoms with van der Waals surface area (Å²) in [6, 6.07) is 5.90. The number of ether oxygens (including phenoxy) is 1. The largest absolute Gasteiger partial charge is 0.497 e. The highest BCUT2D eigenvalue weighted by Gasteiger charge is 2.56. The van der Waals surface area contributed by atoms with Crippen LogP contribution in [0, 0.1) is 5.92 Å². The number of nitrogens with zero attached hydrogens (tertiary/aromatic N) is 1. The van der Waals surface area contributed by atoms with Crippen LogP contribution in [0.25, 0.3) is 0 Å². The molecule has 26 heavy (non-hydrogen) atoms. The molecular formula is C19H29NO5Si. The standard InChI is InChI=1S/C19H29NO5Si/c1-12(25-26(6,7)19(2,3)4)15-16(18(22)23)20(17(15)21)13-8-10-14(24-5)11-9-13/h8-12,15-16H,1-7H3,(H,22,23)/t12-,15-,16+/m1/s1. The van der Waals surface area contributed by atoms with E-state index in [4.69, 9.17) is 9.16 Å². The van der Waals surface area contributed by atoms with Crippen molar-refractivity contribution in [3.05, 3.63) is 24.3 Å². The summed E-state index contributed by atoms with van der Waals surface area (Å²) < 4.78 is 11.4. The number of benzene rings is 1. The molecular weight excluding hydrogens is 350 g/mol. The summed E-state index contributed by atoms with van der Waals surface area (Å²) in [4.78, 5) is 26.0. The maximum atomic E-state index is 12.8. The molecule has 1 aromatic carbocycles. The lowest BCUT2D eigenvalue weighted by Gasteiger charge is -2.49. The van der Waals surface area contributed by atoms with E-state index in [2.05, 4.69) is 33.9 Å². The van der Waals surface area contributed by atoms with E-state index in [1.54, 1.807) is 31.4 Å². The van der Waals surface area contributed by atoms with Crippen LogP contribution in [-0.4, -0.2) is 44.6 Å². The highest BCUT2D eigenvalue weighted by atomic mass is 28.4. The van der Waals surface area contributed by atoms with Gasteiger partial charge in [-0.15, -0.1) is 0 Å². The Morgan fingerprint density at radius 3 is 2.19 bits per heavy atom. The molecule has 144 valence electrons. The van der Waals surface area contributed by atoms with Crippen molar-refractivity contribution in [3.8, 4) is 5.75 Å². The van der Waals surface area contributed by atoms with Gasteiger partial charge in [-0.2, -0.15) is 0 Å². The molecule has 1 aliphatic rings. The highest BCUT2D eigenvalue weighted by molar-refractivity contribution is 6.74. The van der Waals surface area contributed by atoms with Gasteiger partial charge in [-0.25, -0.2) is 4.79 Å². The molecule has 0 unspecified atom stereocenters. The van der Waals surface area contributed by atoms with Crippen LogP contribution in [0.15, 0.2) is 24.3 Å². The Hall–Kier alpha value is -1.86. The normalized spacial score (nSPS) is 22.0. The van der Waals surface area contributed by atoms with E-state index in [-0.39, 0.29) is 10.9 Å². The van der Waals surface area contributed by atoms with Crippen molar-refractivity contribution in [2.45, 2.75) is 58.0 Å². The Balaban J connectivity index is 2.23. The van der Waals surface area contributed by atoms with E-state index >= 15 is 0 Å². The lowest BCUT2D eigenvalue weighted by Crippen LogP contribution is -2.69. The fourth-order valence-corrected chi connectivity index (χ4v) is 4.41. The van der Waals surface area contributed by atoms with Gasteiger partial charge in [-0.3, -0.25) is 9.69 Å². The smallest absolute Gasteiger partial charge is 0.327 e. The number of carbonyl (C=O) groups excluding carboxylic acids is 1. The van der Waals surface area contributed by atoms with Crippen LogP contribution in [0.4, 0.5) is 5.69 Å². The fraction of sp³-hybridized carbons (Fsp3) is 0.579. The first-order chi connectivity index (χ1) is 11.9. The van der Waals surface area contributed by atoms with Crippen molar-refractivity contribution >= 4 is 25.9 Å². The van der Waals surface area contributed by atoms with E-state index in [0.29, 0.717) is 11.4 Å². The Kier molecular flexibility index (Phi) is 5.54. The Labute approximate surface area is 156 Å². The number of anilines is 1. The zero-order valence-corrected chi connectivity index (χ0v) is 17.6. The molecule has 1 fully saturated rings. The molecule has 1 aromatic rings. The van der Waals surface area contributed by atoms with Gasteiger partial charge >= 0.3 is 5.97 Å². The summed E-state index contributed by atoms with van der Waals surface area (Å²) in [7, 11) is -0.546. The summed E-state index contributed by atoms with van der Waals surface area (Å²) in [5.41, 5.74) is 0.555. The van der Waals surface area contributed by atoms with E-state index in [9.17, 15) is 14.7 Å². The van der Waals surface area contributed by atoms with Crippen molar-refractivity contribution < 1.29 is 23.9 Å². The second-order valence-corrected chi connectivity index (χ2v) is 13.1. The number of amides is 1. The third kappa shape index (κ3) is 3.64. The first kappa shape index (κ1) is 20.4. The lowest BCUT2D eigenvalue weighted by molar-refractivity contribution is -0.152. The average Bonchev–Trinajstić information content (AvgIpc) is 2.51. The van der Waals surface area contributed by atoms with Gasteiger partial charge < -0.3 is 14.3 Å². The van der Waals surface area contributed by atoms with Crippen LogP contribution in [0.5, 0.6) is 5.75 Å². The van der Waals surface area contributed by atoms with Gasteiger partial charge in [0.25, 0.3) is 0 Å². The number of rotatable bonds is 6. The molecule has 0 bridgehead atoms. The molecule has 1 saturated heterocycles. The maximum absolute atomic E-state index is 12.8. The number of carboxylic acid groups (broad SMARTS) is 1. The van der Waals surface area contributed by atoms with Gasteiger partial charge in [0.2, 0.25) is 5.91 Å². The zero-order chi connectivity index (χ0) is 19.9. The predicted molar refractivity (Wildman–Crippen MR) is 103 cm³/mol. The summed E-state index contributed by atoms with van der Waals surface area (Å²) in [6.45, 7) is 12.4. The summed E-state index contributed by atoms with van der Waals surface area (Å²) >= 11 is 0. The van der Waals surface area contributed by atoms with E-state index in [1.807, 2.05) is 6.92 Å². The molecule has 0 saturated carbocycles. The summed E-state index contributed by atoms with van der Waals surface area (Å²) in [5, 5.41) is 9.69. The Morgan fingerprint density at radius 2 is 1.77 bits per heavy atom. The number of carbonyl (C=O) groups is 2. The molecule has 0 aromatic heterocycles. The molecule has 7 heteroatoms. The summed E-state index contributed by atoms with van der Waals surface area (Å²) in [5.74, 6) is -1.26. The zero-order valence-electron chi connectivity index (χ0n) is 16.6. The number of hydrogen-bond donors (Lipinski definition) is 1. The first-order valence-corrected chi connectivity index (χ1v) is 11.7. The molecule has 0 spiro atoms. The average molecular weight is 380 g/mol. The van der Waals surface area contributed by atoms with Crippen molar-refractivity contribution in [1.29, 1.82) is 0 Å². The van der Waals surface area contributed by atoms with Crippen molar-refractivity contribution in [3.63, 3.8) is 0 Å². The molecule has 3 atom stereocenters. The third-order valence-corrected chi connectivity index (χ3v) is 10.1. The van der Waals surface area contributed by atoms with Crippen LogP contribution >= 0.6 is 0 Å². The van der Waals surface area contributed by atoms with Crippen molar-refractivity contribution in [1.82, 2.24) is 0 Å². The molecule has 0 aliphatic carbocycles. The van der Waals surface area contributed by atoms with Crippen molar-refractivity contribution in [2.75, 3.05) is 12.0 Å². The number of hydrogen-bond acceptors (Lipinski definition) is 4. The van der Waals surface area contributed by atoms with Crippen LogP contribution in [-0.2, 0) is 14.0 Å². The first-order valence-electron chi connectivity index (χ1n) is 8.78. The minimum absolute atomic E-state index is 0.0115. The molecule has 1 N–H and O–H groups in total. The van der Waals surface area contributed by atoms with Gasteiger partial charge in [0.15, 0.2) is 8.32 Å². The van der Waals surface area contributed by atoms with Gasteiger partial charge in [0.1, 0.15) is 11.8 Å². The van der Waals surface area contributed by atoms with E-state index < -0.39 is 32.4 Å². The second-order valence-electron chi connectivity index (χ2n) is 8.30. The van der Waals surface area contributed by atoms with Crippen LogP contribution < -0.4 is 9.64 Å². The van der Waals surface area contributed by atoms with E-state index in [1.165, 1.54) is 4.90 Å². The Bertz CT molecular complexity index is 680. The third-order valence-electron chi connectivity index (χ3n) is 5.54. The lowest BCUT2D eigenvalue weighted by atomic mass is 9.82. The van der Waals surface area contributed by atoms with Crippen LogP contribution in [0.1, 0.15) is 27.7 Å². The molecule has 2 rings (SSSR count). The predicted octanol–water partition coefficient (Wildman–Crippen LogP) is 3.52. The molecule has 1 amide bonds. The quantitative estimate of drug-likeness (QED) is 0.604. The molecule has 1 heterocycles. The topological polar surface area (TPSA) is 76.1 Å². The molecule has 0 radical (unpaired) electrons. The number of β-lactam (4-membered cyclic amide) rings is 1. The number of aliphatic carboxylic acids is 1. The minimum Gasteiger partial charge on any atom is -0.497 e. The monoisotopic (exact) mass is 379 g/mol. The fourth-order valence-electron chi connectivity index (χ4n) is 2.98. The Morgan fingerprint density at radius 1 is 1.23 bits per heavy atom. The van der Waals surface area contributed by atoms with Crippen molar-refractivity contribution in [2.24, 2.45) is 5.92 Å². The van der Waals surface area contributed by atoms with Gasteiger partial charge in [0.05, 0.1) is 19.1 Å². The number of carboxylic acids is 1. The highest BCUT2D eigenvalue weighted by Crippen LogP contribution is 2.41. The van der Waals surface area contributed by atoms with Gasteiger partial charge in [-0.05, 0) is 49.3 Å². The maximum Gasteiger partial charge on any atom is 0.327 e. The number of methoxy groups -OCH3 is 1. The SMILES string of the molecule is COc1ccc(N2C(=O)[C@H]([C@@H](C)O[Si](C)(C)C(C)(C)C)[C@H]2C(=O)O)cc1. The molecule has 1 aliphatic heterocycles. The minimum atomic E-state index is -2.10. The van der Waals surface area contributed by atoms with Gasteiger partial charge in [0, 0.05) is 5.69 Å². The van der Waals surface area contributed by atoms with Gasteiger partial charge in [-0.1, -0.05) is 20.8 Å². The molecule has 6 nitrogen and oxygen atoms in total. The second kappa shape index (κ2) is 7.04. The summed E-state index contributed by atoms with van der Waals surface area (Å²) in [6.07, 6.45) is -0.445. The van der Waals surface area contributed by atoms with Crippen LogP contribution in [0.2, 0.25) is 18.1 Å². The van der Waals surface area contributed by atoms with Crippen LogP contribution in [0.3, 0.4) is 0 Å².